The molecule has 1 aliphatic heterocycles. The minimum Gasteiger partial charge on any atom is -0.462 e. The van der Waals surface area contributed by atoms with Crippen LogP contribution in [0.5, 0.6) is 0 Å². The number of para-hydroxylation sites is 1. The van der Waals surface area contributed by atoms with Gasteiger partial charge in [0, 0.05) is 50.6 Å². The van der Waals surface area contributed by atoms with Gasteiger partial charge in [-0.3, -0.25) is 15.0 Å². The SMILES string of the molecule is CCOC(=O)c1ccc(N2CCN(Cc3ccccc3[N+](=O)[O-])CC2)nc1. The van der Waals surface area contributed by atoms with Gasteiger partial charge < -0.3 is 9.64 Å². The van der Waals surface area contributed by atoms with Crippen molar-refractivity contribution in [3.05, 3.63) is 63.8 Å². The van der Waals surface area contributed by atoms with Crippen LogP contribution < -0.4 is 4.90 Å². The van der Waals surface area contributed by atoms with E-state index in [0.717, 1.165) is 37.6 Å². The summed E-state index contributed by atoms with van der Waals surface area (Å²) in [5.41, 5.74) is 1.33. The molecular formula is C19H22N4O4. The highest BCUT2D eigenvalue weighted by molar-refractivity contribution is 5.89. The Bertz CT molecular complexity index is 802. The van der Waals surface area contributed by atoms with Crippen LogP contribution in [0.25, 0.3) is 0 Å². The van der Waals surface area contributed by atoms with E-state index >= 15 is 0 Å². The van der Waals surface area contributed by atoms with Gasteiger partial charge in [-0.25, -0.2) is 9.78 Å². The number of carbonyl (C=O) groups is 1. The summed E-state index contributed by atoms with van der Waals surface area (Å²) >= 11 is 0. The zero-order valence-electron chi connectivity index (χ0n) is 15.2. The largest absolute Gasteiger partial charge is 0.462 e. The van der Waals surface area contributed by atoms with Crippen LogP contribution in [0.4, 0.5) is 11.5 Å². The molecule has 0 unspecified atom stereocenters. The summed E-state index contributed by atoms with van der Waals surface area (Å²) in [5, 5.41) is 11.2. The van der Waals surface area contributed by atoms with Crippen molar-refractivity contribution in [3.63, 3.8) is 0 Å². The number of nitro benzene ring substituents is 1. The Kier molecular flexibility index (Phi) is 5.97. The second kappa shape index (κ2) is 8.59. The van der Waals surface area contributed by atoms with E-state index in [0.29, 0.717) is 18.7 Å². The fourth-order valence-corrected chi connectivity index (χ4v) is 3.11. The molecular weight excluding hydrogens is 348 g/mol. The van der Waals surface area contributed by atoms with Crippen LogP contribution in [-0.2, 0) is 11.3 Å². The van der Waals surface area contributed by atoms with Crippen LogP contribution in [0.15, 0.2) is 42.6 Å². The number of esters is 1. The van der Waals surface area contributed by atoms with E-state index in [1.807, 2.05) is 12.1 Å². The number of nitrogens with zero attached hydrogens (tertiary/aromatic N) is 4. The van der Waals surface area contributed by atoms with E-state index in [1.165, 1.54) is 6.20 Å². The van der Waals surface area contributed by atoms with Gasteiger partial charge >= 0.3 is 5.97 Å². The maximum Gasteiger partial charge on any atom is 0.339 e. The molecule has 2 aromatic rings. The number of piperazine rings is 1. The second-order valence-electron chi connectivity index (χ2n) is 6.27. The molecule has 3 rings (SSSR count). The lowest BCUT2D eigenvalue weighted by Gasteiger charge is -2.35. The quantitative estimate of drug-likeness (QED) is 0.438. The monoisotopic (exact) mass is 370 g/mol. The van der Waals surface area contributed by atoms with Gasteiger partial charge in [0.2, 0.25) is 0 Å². The number of pyridine rings is 1. The van der Waals surface area contributed by atoms with Crippen LogP contribution in [0.2, 0.25) is 0 Å². The van der Waals surface area contributed by atoms with E-state index in [2.05, 4.69) is 14.8 Å². The molecule has 1 aliphatic rings. The van der Waals surface area contributed by atoms with Crippen LogP contribution in [0, 0.1) is 10.1 Å². The predicted molar refractivity (Wildman–Crippen MR) is 101 cm³/mol. The minimum atomic E-state index is -0.370. The maximum atomic E-state index is 11.7. The molecule has 0 N–H and O–H groups in total. The first kappa shape index (κ1) is 18.8. The van der Waals surface area contributed by atoms with Gasteiger partial charge in [0.1, 0.15) is 5.82 Å². The van der Waals surface area contributed by atoms with Crippen molar-refractivity contribution in [1.82, 2.24) is 9.88 Å². The topological polar surface area (TPSA) is 88.8 Å². The lowest BCUT2D eigenvalue weighted by atomic mass is 10.1. The Morgan fingerprint density at radius 2 is 1.93 bits per heavy atom. The van der Waals surface area contributed by atoms with Crippen molar-refractivity contribution in [2.75, 3.05) is 37.7 Å². The number of rotatable bonds is 6. The summed E-state index contributed by atoms with van der Waals surface area (Å²) in [7, 11) is 0. The highest BCUT2D eigenvalue weighted by Gasteiger charge is 2.21. The summed E-state index contributed by atoms with van der Waals surface area (Å²) < 4.78 is 4.96. The molecule has 1 aromatic heterocycles. The number of anilines is 1. The molecule has 1 aromatic carbocycles. The van der Waals surface area contributed by atoms with E-state index in [1.54, 1.807) is 31.2 Å². The van der Waals surface area contributed by atoms with Gasteiger partial charge in [0.15, 0.2) is 0 Å². The molecule has 2 heterocycles. The Morgan fingerprint density at radius 3 is 2.56 bits per heavy atom. The average molecular weight is 370 g/mol. The molecule has 0 bridgehead atoms. The summed E-state index contributed by atoms with van der Waals surface area (Å²) in [6.07, 6.45) is 1.53. The zero-order valence-corrected chi connectivity index (χ0v) is 15.2. The summed E-state index contributed by atoms with van der Waals surface area (Å²) in [5.74, 6) is 0.444. The lowest BCUT2D eigenvalue weighted by Crippen LogP contribution is -2.46. The van der Waals surface area contributed by atoms with Crippen molar-refractivity contribution in [2.24, 2.45) is 0 Å². The first-order valence-electron chi connectivity index (χ1n) is 8.91. The van der Waals surface area contributed by atoms with Gasteiger partial charge in [-0.05, 0) is 19.1 Å². The lowest BCUT2D eigenvalue weighted by molar-refractivity contribution is -0.385. The Hall–Kier alpha value is -3.00. The molecule has 8 heteroatoms. The van der Waals surface area contributed by atoms with Gasteiger partial charge in [0.05, 0.1) is 17.1 Å². The number of nitro groups is 1. The fraction of sp³-hybridized carbons (Fsp3) is 0.368. The molecule has 0 atom stereocenters. The third-order valence-corrected chi connectivity index (χ3v) is 4.54. The third-order valence-electron chi connectivity index (χ3n) is 4.54. The molecule has 0 amide bonds. The van der Waals surface area contributed by atoms with Crippen molar-refractivity contribution in [2.45, 2.75) is 13.5 Å². The van der Waals surface area contributed by atoms with Gasteiger partial charge in [-0.1, -0.05) is 18.2 Å². The van der Waals surface area contributed by atoms with Crippen molar-refractivity contribution in [1.29, 1.82) is 0 Å². The molecule has 0 aliphatic carbocycles. The summed E-state index contributed by atoms with van der Waals surface area (Å²) in [6.45, 7) is 5.77. The molecule has 1 fully saturated rings. The molecule has 8 nitrogen and oxygen atoms in total. The number of hydrogen-bond donors (Lipinski definition) is 0. The van der Waals surface area contributed by atoms with Gasteiger partial charge in [-0.15, -0.1) is 0 Å². The Labute approximate surface area is 157 Å². The van der Waals surface area contributed by atoms with E-state index in [4.69, 9.17) is 4.74 Å². The molecule has 0 saturated carbocycles. The van der Waals surface area contributed by atoms with E-state index in [-0.39, 0.29) is 16.6 Å². The molecule has 142 valence electrons. The standard InChI is InChI=1S/C19H22N4O4/c1-2-27-19(24)15-7-8-18(20-13-15)22-11-9-21(10-12-22)14-16-5-3-4-6-17(16)23(25)26/h3-8,13H,2,9-12,14H2,1H3. The van der Waals surface area contributed by atoms with Crippen LogP contribution in [-0.4, -0.2) is 53.6 Å². The smallest absolute Gasteiger partial charge is 0.339 e. The van der Waals surface area contributed by atoms with Crippen LogP contribution in [0.1, 0.15) is 22.8 Å². The number of hydrogen-bond acceptors (Lipinski definition) is 7. The highest BCUT2D eigenvalue weighted by atomic mass is 16.6. The number of carbonyl (C=O) groups excluding carboxylic acids is 1. The first-order valence-corrected chi connectivity index (χ1v) is 8.91. The van der Waals surface area contributed by atoms with Crippen molar-refractivity contribution >= 4 is 17.5 Å². The Balaban J connectivity index is 1.58. The minimum absolute atomic E-state index is 0.163. The van der Waals surface area contributed by atoms with Gasteiger partial charge in [-0.2, -0.15) is 0 Å². The van der Waals surface area contributed by atoms with Crippen LogP contribution >= 0.6 is 0 Å². The zero-order chi connectivity index (χ0) is 19.2. The molecule has 0 radical (unpaired) electrons. The Morgan fingerprint density at radius 1 is 1.19 bits per heavy atom. The van der Waals surface area contributed by atoms with Crippen molar-refractivity contribution in [3.8, 4) is 0 Å². The molecule has 1 saturated heterocycles. The average Bonchev–Trinajstić information content (AvgIpc) is 2.69. The van der Waals surface area contributed by atoms with E-state index in [9.17, 15) is 14.9 Å². The van der Waals surface area contributed by atoms with Crippen molar-refractivity contribution < 1.29 is 14.5 Å². The predicted octanol–water partition coefficient (Wildman–Crippen LogP) is 2.49. The maximum absolute atomic E-state index is 11.7. The second-order valence-corrected chi connectivity index (χ2v) is 6.27. The fourth-order valence-electron chi connectivity index (χ4n) is 3.11. The first-order chi connectivity index (χ1) is 13.1. The highest BCUT2D eigenvalue weighted by Crippen LogP contribution is 2.21. The normalized spacial score (nSPS) is 14.8. The summed E-state index contributed by atoms with van der Waals surface area (Å²) in [4.78, 5) is 31.2. The molecule has 0 spiro atoms. The van der Waals surface area contributed by atoms with Gasteiger partial charge in [0.25, 0.3) is 5.69 Å². The van der Waals surface area contributed by atoms with Crippen LogP contribution in [0.3, 0.4) is 0 Å². The number of aromatic nitrogens is 1. The molecule has 27 heavy (non-hydrogen) atoms. The number of benzene rings is 1. The summed E-state index contributed by atoms with van der Waals surface area (Å²) in [6, 6.07) is 10.4. The van der Waals surface area contributed by atoms with E-state index < -0.39 is 0 Å². The third kappa shape index (κ3) is 4.59. The number of ether oxygens (including phenoxy) is 1.